The molecule has 1 aromatic heterocycles. The molecule has 154 valence electrons. The van der Waals surface area contributed by atoms with Crippen molar-refractivity contribution in [3.63, 3.8) is 0 Å². The predicted molar refractivity (Wildman–Crippen MR) is 119 cm³/mol. The first-order valence-corrected chi connectivity index (χ1v) is 11.0. The number of fused-ring (bicyclic) bond motifs is 3. The van der Waals surface area contributed by atoms with Crippen molar-refractivity contribution in [1.82, 2.24) is 4.57 Å². The minimum Gasteiger partial charge on any atom is -0.478 e. The van der Waals surface area contributed by atoms with Gasteiger partial charge < -0.3 is 9.67 Å². The van der Waals surface area contributed by atoms with E-state index in [1.165, 1.54) is 24.1 Å². The highest BCUT2D eigenvalue weighted by Crippen LogP contribution is 2.41. The molecule has 0 saturated heterocycles. The molecule has 1 atom stereocenters. The first kappa shape index (κ1) is 20.2. The zero-order valence-corrected chi connectivity index (χ0v) is 17.5. The quantitative estimate of drug-likeness (QED) is 0.497. The van der Waals surface area contributed by atoms with E-state index in [1.54, 1.807) is 6.07 Å². The summed E-state index contributed by atoms with van der Waals surface area (Å²) in [7, 11) is 0. The molecule has 0 spiro atoms. The molecule has 1 N–H and O–H groups in total. The molecule has 0 radical (unpaired) electrons. The number of nitrogens with zero attached hydrogens (tertiary/aromatic N) is 2. The van der Waals surface area contributed by atoms with E-state index in [2.05, 4.69) is 23.6 Å². The second-order valence-corrected chi connectivity index (χ2v) is 8.35. The van der Waals surface area contributed by atoms with Crippen molar-refractivity contribution in [1.29, 1.82) is 5.26 Å². The number of hydrogen-bond donors (Lipinski definition) is 1. The largest absolute Gasteiger partial charge is 0.478 e. The van der Waals surface area contributed by atoms with Gasteiger partial charge in [-0.15, -0.1) is 0 Å². The summed E-state index contributed by atoms with van der Waals surface area (Å²) in [6, 6.07) is 15.6. The number of hydrogen-bond acceptors (Lipinski definition) is 2. The zero-order valence-electron chi connectivity index (χ0n) is 17.5. The molecule has 30 heavy (non-hydrogen) atoms. The molecule has 4 rings (SSSR count). The second kappa shape index (κ2) is 8.75. The first-order valence-electron chi connectivity index (χ1n) is 11.0. The average Bonchev–Trinajstić information content (AvgIpc) is 2.92. The Hall–Kier alpha value is -3.06. The number of benzene rings is 2. The average molecular weight is 401 g/mol. The second-order valence-electron chi connectivity index (χ2n) is 8.35. The first-order chi connectivity index (χ1) is 14.6. The van der Waals surface area contributed by atoms with Gasteiger partial charge in [0.25, 0.3) is 0 Å². The third kappa shape index (κ3) is 3.73. The van der Waals surface area contributed by atoms with Crippen LogP contribution in [0.5, 0.6) is 0 Å². The van der Waals surface area contributed by atoms with Gasteiger partial charge >= 0.3 is 5.97 Å². The number of aromatic nitrogens is 1. The molecule has 1 aliphatic carbocycles. The number of nitriles is 1. The lowest BCUT2D eigenvalue weighted by molar-refractivity contribution is 0.0698. The molecule has 1 aliphatic rings. The topological polar surface area (TPSA) is 66.0 Å². The van der Waals surface area contributed by atoms with E-state index >= 15 is 0 Å². The van der Waals surface area contributed by atoms with Crippen LogP contribution in [0.2, 0.25) is 0 Å². The summed E-state index contributed by atoms with van der Waals surface area (Å²) in [5.74, 6) is -0.430. The van der Waals surface area contributed by atoms with Crippen LogP contribution in [-0.2, 0) is 13.0 Å². The molecular formula is C26H28N2O2. The highest BCUT2D eigenvalue weighted by Gasteiger charge is 2.28. The lowest BCUT2D eigenvalue weighted by Crippen LogP contribution is -2.12. The Balaban J connectivity index is 1.96. The van der Waals surface area contributed by atoms with Crippen LogP contribution in [0.15, 0.2) is 42.5 Å². The molecule has 0 fully saturated rings. The molecule has 0 amide bonds. The van der Waals surface area contributed by atoms with Gasteiger partial charge in [-0.05, 0) is 60.9 Å². The zero-order chi connectivity index (χ0) is 21.1. The van der Waals surface area contributed by atoms with Gasteiger partial charge in [-0.2, -0.15) is 5.26 Å². The Bertz CT molecular complexity index is 1120. The number of unbranched alkanes of at least 4 members (excludes halogenated alkanes) is 1. The van der Waals surface area contributed by atoms with Gasteiger partial charge in [0.15, 0.2) is 0 Å². The number of aryl methyl sites for hydroxylation is 1. The molecule has 1 heterocycles. The summed E-state index contributed by atoms with van der Waals surface area (Å²) in [4.78, 5) is 12.1. The molecule has 2 aromatic carbocycles. The standard InChI is InChI=1S/C26H28N2O2/c1-2-3-10-20-11-4-5-12-21-22-13-7-14-23(26(29)30)25(22)28(24(20)21)17-19-9-6-8-18(15-19)16-27/h6-9,13-15,20H,2-5,10-12,17H2,1H3,(H,29,30). The van der Waals surface area contributed by atoms with Crippen LogP contribution in [0.3, 0.4) is 0 Å². The lowest BCUT2D eigenvalue weighted by Gasteiger charge is -2.20. The summed E-state index contributed by atoms with van der Waals surface area (Å²) in [5, 5.41) is 20.3. The normalized spacial score (nSPS) is 16.1. The molecule has 0 saturated carbocycles. The van der Waals surface area contributed by atoms with Gasteiger partial charge in [-0.25, -0.2) is 4.79 Å². The molecule has 3 aromatic rings. The lowest BCUT2D eigenvalue weighted by atomic mass is 9.92. The maximum absolute atomic E-state index is 12.1. The van der Waals surface area contributed by atoms with E-state index in [0.29, 0.717) is 23.6 Å². The van der Waals surface area contributed by atoms with Crippen LogP contribution >= 0.6 is 0 Å². The van der Waals surface area contributed by atoms with Crippen LogP contribution in [-0.4, -0.2) is 15.6 Å². The Kier molecular flexibility index (Phi) is 5.90. The number of aromatic carboxylic acids is 1. The van der Waals surface area contributed by atoms with Crippen LogP contribution in [0.4, 0.5) is 0 Å². The Morgan fingerprint density at radius 3 is 2.83 bits per heavy atom. The van der Waals surface area contributed by atoms with Gasteiger partial charge in [-0.1, -0.05) is 50.5 Å². The summed E-state index contributed by atoms with van der Waals surface area (Å²) < 4.78 is 2.26. The number of para-hydroxylation sites is 1. The minimum absolute atomic E-state index is 0.367. The molecular weight excluding hydrogens is 372 g/mol. The van der Waals surface area contributed by atoms with Crippen molar-refractivity contribution < 1.29 is 9.90 Å². The molecule has 0 bridgehead atoms. The van der Waals surface area contributed by atoms with Crippen molar-refractivity contribution in [2.24, 2.45) is 0 Å². The summed E-state index contributed by atoms with van der Waals surface area (Å²) in [6.07, 6.45) is 8.01. The predicted octanol–water partition coefficient (Wildman–Crippen LogP) is 6.26. The van der Waals surface area contributed by atoms with Crippen LogP contribution in [0.25, 0.3) is 10.9 Å². The van der Waals surface area contributed by atoms with Crippen molar-refractivity contribution >= 4 is 16.9 Å². The molecule has 1 unspecified atom stereocenters. The number of carboxylic acids is 1. The highest BCUT2D eigenvalue weighted by molar-refractivity contribution is 6.04. The van der Waals surface area contributed by atoms with Crippen LogP contribution in [0, 0.1) is 11.3 Å². The Morgan fingerprint density at radius 2 is 2.07 bits per heavy atom. The fraction of sp³-hybridized carbons (Fsp3) is 0.385. The fourth-order valence-corrected chi connectivity index (χ4v) is 5.05. The van der Waals surface area contributed by atoms with E-state index in [1.807, 2.05) is 30.3 Å². The van der Waals surface area contributed by atoms with Crippen molar-refractivity contribution in [3.8, 4) is 6.07 Å². The minimum atomic E-state index is -0.884. The maximum Gasteiger partial charge on any atom is 0.337 e. The third-order valence-corrected chi connectivity index (χ3v) is 6.38. The molecule has 4 nitrogen and oxygen atoms in total. The van der Waals surface area contributed by atoms with Gasteiger partial charge in [0.2, 0.25) is 0 Å². The Labute approximate surface area is 177 Å². The van der Waals surface area contributed by atoms with E-state index in [9.17, 15) is 15.2 Å². The van der Waals surface area contributed by atoms with Gasteiger partial charge in [0, 0.05) is 17.6 Å². The van der Waals surface area contributed by atoms with Crippen molar-refractivity contribution in [2.75, 3.05) is 0 Å². The van der Waals surface area contributed by atoms with Crippen LogP contribution in [0.1, 0.15) is 84.1 Å². The van der Waals surface area contributed by atoms with E-state index in [4.69, 9.17) is 0 Å². The summed E-state index contributed by atoms with van der Waals surface area (Å²) in [5.41, 5.74) is 5.53. The summed E-state index contributed by atoms with van der Waals surface area (Å²) >= 11 is 0. The van der Waals surface area contributed by atoms with Crippen molar-refractivity contribution in [2.45, 2.75) is 64.3 Å². The van der Waals surface area contributed by atoms with Crippen molar-refractivity contribution in [3.05, 3.63) is 70.4 Å². The molecule has 4 heteroatoms. The van der Waals surface area contributed by atoms with E-state index < -0.39 is 5.97 Å². The highest BCUT2D eigenvalue weighted by atomic mass is 16.4. The molecule has 0 aliphatic heterocycles. The maximum atomic E-state index is 12.1. The SMILES string of the molecule is CCCCC1CCCCc2c1n(Cc1cccc(C#N)c1)c1c(C(=O)O)cccc21. The van der Waals surface area contributed by atoms with Gasteiger partial charge in [-0.3, -0.25) is 0 Å². The summed E-state index contributed by atoms with van der Waals surface area (Å²) in [6.45, 7) is 2.82. The monoisotopic (exact) mass is 400 g/mol. The van der Waals surface area contributed by atoms with E-state index in [-0.39, 0.29) is 0 Å². The Morgan fingerprint density at radius 1 is 1.23 bits per heavy atom. The number of carbonyl (C=O) groups is 1. The van der Waals surface area contributed by atoms with E-state index in [0.717, 1.165) is 48.6 Å². The van der Waals surface area contributed by atoms with Gasteiger partial charge in [0.1, 0.15) is 0 Å². The third-order valence-electron chi connectivity index (χ3n) is 6.38. The van der Waals surface area contributed by atoms with Crippen LogP contribution < -0.4 is 0 Å². The smallest absolute Gasteiger partial charge is 0.337 e. The number of carboxylic acid groups (broad SMARTS) is 1. The number of rotatable bonds is 6. The van der Waals surface area contributed by atoms with Gasteiger partial charge in [0.05, 0.1) is 22.7 Å². The fourth-order valence-electron chi connectivity index (χ4n) is 5.05.